The molecule has 0 aliphatic carbocycles. The van der Waals surface area contributed by atoms with Crippen LogP contribution in [0.1, 0.15) is 0 Å². The van der Waals surface area contributed by atoms with Crippen molar-refractivity contribution in [2.45, 2.75) is 0 Å². The summed E-state index contributed by atoms with van der Waals surface area (Å²) >= 11 is 1.88. The minimum absolute atomic E-state index is 1.13. The van der Waals surface area contributed by atoms with Gasteiger partial charge in [-0.15, -0.1) is 11.3 Å². The number of rotatable bonds is 5. The standard InChI is InChI=1S/C44H29NS/c1-3-11-30(12-4-1)31-21-23-35(24-22-31)45(36-25-26-38-34(29-36)20-19-33-15-7-8-16-37(33)38)41-28-27-39(32-13-5-2-6-14-32)44-43(41)40-17-9-10-18-42(40)46-44/h1-29H. The molecule has 2 heteroatoms. The van der Waals surface area contributed by atoms with Crippen LogP contribution in [-0.4, -0.2) is 0 Å². The molecule has 0 aliphatic rings. The maximum Gasteiger partial charge on any atom is 0.0555 e. The Morgan fingerprint density at radius 1 is 0.391 bits per heavy atom. The number of nitrogens with zero attached hydrogens (tertiary/aromatic N) is 1. The second-order valence-electron chi connectivity index (χ2n) is 11.7. The van der Waals surface area contributed by atoms with E-state index in [2.05, 4.69) is 181 Å². The van der Waals surface area contributed by atoms with E-state index in [1.54, 1.807) is 0 Å². The molecule has 1 nitrogen and oxygen atoms in total. The van der Waals surface area contributed by atoms with Gasteiger partial charge in [0, 0.05) is 31.5 Å². The van der Waals surface area contributed by atoms with Gasteiger partial charge in [-0.25, -0.2) is 0 Å². The lowest BCUT2D eigenvalue weighted by atomic mass is 9.98. The van der Waals surface area contributed by atoms with Gasteiger partial charge >= 0.3 is 0 Å². The first kappa shape index (κ1) is 26.7. The van der Waals surface area contributed by atoms with E-state index in [4.69, 9.17) is 0 Å². The van der Waals surface area contributed by atoms with E-state index in [-0.39, 0.29) is 0 Å². The first-order valence-corrected chi connectivity index (χ1v) is 16.5. The van der Waals surface area contributed by atoms with Crippen molar-refractivity contribution in [2.24, 2.45) is 0 Å². The molecule has 46 heavy (non-hydrogen) atoms. The van der Waals surface area contributed by atoms with Gasteiger partial charge in [0.1, 0.15) is 0 Å². The zero-order valence-corrected chi connectivity index (χ0v) is 25.9. The van der Waals surface area contributed by atoms with Crippen LogP contribution in [0.15, 0.2) is 176 Å². The van der Waals surface area contributed by atoms with E-state index in [0.29, 0.717) is 0 Å². The van der Waals surface area contributed by atoms with Crippen molar-refractivity contribution >= 4 is 70.1 Å². The Morgan fingerprint density at radius 2 is 1.00 bits per heavy atom. The third kappa shape index (κ3) is 4.46. The van der Waals surface area contributed by atoms with Crippen molar-refractivity contribution in [3.8, 4) is 22.3 Å². The average Bonchev–Trinajstić information content (AvgIpc) is 3.53. The van der Waals surface area contributed by atoms with Gasteiger partial charge in [-0.2, -0.15) is 0 Å². The highest BCUT2D eigenvalue weighted by Crippen LogP contribution is 2.48. The maximum absolute atomic E-state index is 2.44. The summed E-state index contributed by atoms with van der Waals surface area (Å²) in [5, 5.41) is 7.62. The molecule has 0 saturated heterocycles. The fourth-order valence-electron chi connectivity index (χ4n) is 6.84. The van der Waals surface area contributed by atoms with E-state index >= 15 is 0 Å². The van der Waals surface area contributed by atoms with Crippen LogP contribution in [0.2, 0.25) is 0 Å². The summed E-state index contributed by atoms with van der Waals surface area (Å²) in [4.78, 5) is 2.44. The Kier molecular flexibility index (Phi) is 6.40. The zero-order valence-electron chi connectivity index (χ0n) is 25.1. The predicted molar refractivity (Wildman–Crippen MR) is 200 cm³/mol. The molecule has 0 unspecified atom stereocenters. The third-order valence-corrected chi connectivity index (χ3v) is 10.3. The predicted octanol–water partition coefficient (Wildman–Crippen LogP) is 13.2. The van der Waals surface area contributed by atoms with E-state index in [0.717, 1.165) is 11.4 Å². The number of hydrogen-bond donors (Lipinski definition) is 0. The van der Waals surface area contributed by atoms with Gasteiger partial charge in [0.2, 0.25) is 0 Å². The summed E-state index contributed by atoms with van der Waals surface area (Å²) in [6, 6.07) is 63.9. The van der Waals surface area contributed by atoms with Crippen LogP contribution < -0.4 is 4.90 Å². The molecule has 1 heterocycles. The molecule has 9 aromatic rings. The lowest BCUT2D eigenvalue weighted by Gasteiger charge is -2.27. The Bertz CT molecular complexity index is 2510. The first-order chi connectivity index (χ1) is 22.8. The third-order valence-electron chi connectivity index (χ3n) is 9.05. The molecule has 0 N–H and O–H groups in total. The Balaban J connectivity index is 1.31. The highest BCUT2D eigenvalue weighted by Gasteiger charge is 2.21. The van der Waals surface area contributed by atoms with Crippen LogP contribution in [0.3, 0.4) is 0 Å². The van der Waals surface area contributed by atoms with Crippen LogP contribution in [0.4, 0.5) is 17.1 Å². The topological polar surface area (TPSA) is 3.24 Å². The van der Waals surface area contributed by atoms with E-state index in [9.17, 15) is 0 Å². The van der Waals surface area contributed by atoms with Crippen molar-refractivity contribution < 1.29 is 0 Å². The number of fused-ring (bicyclic) bond motifs is 6. The lowest BCUT2D eigenvalue weighted by Crippen LogP contribution is -2.10. The van der Waals surface area contributed by atoms with Crippen LogP contribution in [0.25, 0.3) is 64.0 Å². The summed E-state index contributed by atoms with van der Waals surface area (Å²) in [6.07, 6.45) is 0. The molecule has 0 amide bonds. The summed E-state index contributed by atoms with van der Waals surface area (Å²) in [5.41, 5.74) is 8.38. The molecule has 0 bridgehead atoms. The summed E-state index contributed by atoms with van der Waals surface area (Å²) in [7, 11) is 0. The molecule has 9 rings (SSSR count). The van der Waals surface area contributed by atoms with Crippen LogP contribution in [-0.2, 0) is 0 Å². The van der Waals surface area contributed by atoms with Gasteiger partial charge in [-0.1, -0.05) is 140 Å². The van der Waals surface area contributed by atoms with Crippen LogP contribution in [0.5, 0.6) is 0 Å². The minimum Gasteiger partial charge on any atom is -0.310 e. The number of thiophene rings is 1. The summed E-state index contributed by atoms with van der Waals surface area (Å²) < 4.78 is 2.61. The molecule has 0 atom stereocenters. The number of anilines is 3. The Hall–Kier alpha value is -5.70. The van der Waals surface area contributed by atoms with Crippen LogP contribution in [0, 0.1) is 0 Å². The second-order valence-corrected chi connectivity index (χ2v) is 12.8. The second kappa shape index (κ2) is 11.0. The van der Waals surface area contributed by atoms with Crippen LogP contribution >= 0.6 is 11.3 Å². The normalized spacial score (nSPS) is 11.5. The fourth-order valence-corrected chi connectivity index (χ4v) is 8.10. The average molecular weight is 604 g/mol. The van der Waals surface area contributed by atoms with Crippen molar-refractivity contribution in [3.05, 3.63) is 176 Å². The number of benzene rings is 8. The van der Waals surface area contributed by atoms with E-state index < -0.39 is 0 Å². The van der Waals surface area contributed by atoms with Gasteiger partial charge < -0.3 is 4.90 Å². The molecule has 0 spiro atoms. The molecule has 8 aromatic carbocycles. The zero-order chi connectivity index (χ0) is 30.5. The van der Waals surface area contributed by atoms with Gasteiger partial charge in [0.15, 0.2) is 0 Å². The molecule has 1 aromatic heterocycles. The van der Waals surface area contributed by atoms with Crippen molar-refractivity contribution in [1.82, 2.24) is 0 Å². The first-order valence-electron chi connectivity index (χ1n) is 15.7. The Morgan fingerprint density at radius 3 is 1.80 bits per heavy atom. The smallest absolute Gasteiger partial charge is 0.0555 e. The fraction of sp³-hybridized carbons (Fsp3) is 0. The van der Waals surface area contributed by atoms with E-state index in [1.165, 1.54) is 69.7 Å². The maximum atomic E-state index is 2.44. The quantitative estimate of drug-likeness (QED) is 0.177. The van der Waals surface area contributed by atoms with Gasteiger partial charge in [0.05, 0.1) is 5.69 Å². The Labute approximate surface area is 272 Å². The molecular weight excluding hydrogens is 575 g/mol. The lowest BCUT2D eigenvalue weighted by molar-refractivity contribution is 1.31. The van der Waals surface area contributed by atoms with Gasteiger partial charge in [-0.05, 0) is 80.2 Å². The number of hydrogen-bond acceptors (Lipinski definition) is 2. The molecule has 216 valence electrons. The highest BCUT2D eigenvalue weighted by atomic mass is 32.1. The SMILES string of the molecule is c1ccc(-c2ccc(N(c3ccc4c(ccc5ccccc54)c3)c3ccc(-c4ccccc4)c4sc5ccccc5c34)cc2)cc1. The summed E-state index contributed by atoms with van der Waals surface area (Å²) in [5.74, 6) is 0. The molecule has 0 radical (unpaired) electrons. The van der Waals surface area contributed by atoms with Crippen molar-refractivity contribution in [3.63, 3.8) is 0 Å². The van der Waals surface area contributed by atoms with Gasteiger partial charge in [0.25, 0.3) is 0 Å². The van der Waals surface area contributed by atoms with Crippen molar-refractivity contribution in [1.29, 1.82) is 0 Å². The largest absolute Gasteiger partial charge is 0.310 e. The minimum atomic E-state index is 1.13. The monoisotopic (exact) mass is 603 g/mol. The summed E-state index contributed by atoms with van der Waals surface area (Å²) in [6.45, 7) is 0. The van der Waals surface area contributed by atoms with E-state index in [1.807, 2.05) is 11.3 Å². The van der Waals surface area contributed by atoms with Gasteiger partial charge in [-0.3, -0.25) is 0 Å². The van der Waals surface area contributed by atoms with Crippen molar-refractivity contribution in [2.75, 3.05) is 4.90 Å². The molecule has 0 aliphatic heterocycles. The highest BCUT2D eigenvalue weighted by molar-refractivity contribution is 7.26. The molecular formula is C44H29NS. The molecule has 0 fully saturated rings. The molecule has 0 saturated carbocycles.